The van der Waals surface area contributed by atoms with Gasteiger partial charge in [-0.15, -0.1) is 0 Å². The monoisotopic (exact) mass is 340 g/mol. The molecule has 1 heterocycles. The second kappa shape index (κ2) is 7.05. The van der Waals surface area contributed by atoms with Gasteiger partial charge in [-0.1, -0.05) is 25.1 Å². The molecule has 0 aromatic heterocycles. The lowest BCUT2D eigenvalue weighted by Gasteiger charge is -2.17. The predicted octanol–water partition coefficient (Wildman–Crippen LogP) is 3.69. The first-order chi connectivity index (χ1) is 12.0. The highest BCUT2D eigenvalue weighted by Gasteiger charge is 2.35. The summed E-state index contributed by atoms with van der Waals surface area (Å²) >= 11 is 0. The number of hydrogen-bond acceptors (Lipinski definition) is 2. The third-order valence-electron chi connectivity index (χ3n) is 4.57. The van der Waals surface area contributed by atoms with Crippen LogP contribution in [0.5, 0.6) is 0 Å². The number of aryl methyl sites for hydroxylation is 2. The number of halogens is 1. The smallest absolute Gasteiger partial charge is 0.229 e. The van der Waals surface area contributed by atoms with Crippen LogP contribution in [0.25, 0.3) is 0 Å². The molecule has 0 spiro atoms. The van der Waals surface area contributed by atoms with E-state index in [2.05, 4.69) is 12.2 Å². The SMILES string of the molecule is CCc1cccc(NC(=O)C2CC(=O)N(c3ccc(C)c(F)c3)C2)c1. The van der Waals surface area contributed by atoms with E-state index in [0.717, 1.165) is 17.7 Å². The average Bonchev–Trinajstić information content (AvgIpc) is 2.99. The number of carbonyl (C=O) groups excluding carboxylic acids is 2. The largest absolute Gasteiger partial charge is 0.326 e. The van der Waals surface area contributed by atoms with Crippen LogP contribution in [0.4, 0.5) is 15.8 Å². The first-order valence-corrected chi connectivity index (χ1v) is 8.44. The van der Waals surface area contributed by atoms with Crippen molar-refractivity contribution in [1.82, 2.24) is 0 Å². The van der Waals surface area contributed by atoms with Gasteiger partial charge >= 0.3 is 0 Å². The fourth-order valence-electron chi connectivity index (χ4n) is 3.00. The zero-order valence-electron chi connectivity index (χ0n) is 14.4. The first kappa shape index (κ1) is 17.1. The van der Waals surface area contributed by atoms with Crippen molar-refractivity contribution < 1.29 is 14.0 Å². The fraction of sp³-hybridized carbons (Fsp3) is 0.300. The first-order valence-electron chi connectivity index (χ1n) is 8.44. The van der Waals surface area contributed by atoms with Crippen molar-refractivity contribution in [2.45, 2.75) is 26.7 Å². The molecule has 4 nitrogen and oxygen atoms in total. The highest BCUT2D eigenvalue weighted by atomic mass is 19.1. The molecule has 1 atom stereocenters. The van der Waals surface area contributed by atoms with Crippen molar-refractivity contribution in [2.75, 3.05) is 16.8 Å². The lowest BCUT2D eigenvalue weighted by Crippen LogP contribution is -2.28. The summed E-state index contributed by atoms with van der Waals surface area (Å²) in [5.74, 6) is -1.14. The quantitative estimate of drug-likeness (QED) is 0.923. The Balaban J connectivity index is 1.70. The summed E-state index contributed by atoms with van der Waals surface area (Å²) in [6.45, 7) is 3.99. The molecule has 5 heteroatoms. The number of amides is 2. The van der Waals surface area contributed by atoms with E-state index in [4.69, 9.17) is 0 Å². The summed E-state index contributed by atoms with van der Waals surface area (Å²) in [5, 5.41) is 2.88. The molecule has 1 aliphatic rings. The van der Waals surface area contributed by atoms with Gasteiger partial charge in [0.1, 0.15) is 5.82 Å². The van der Waals surface area contributed by atoms with Gasteiger partial charge in [-0.25, -0.2) is 4.39 Å². The Morgan fingerprint density at radius 3 is 2.80 bits per heavy atom. The zero-order chi connectivity index (χ0) is 18.0. The van der Waals surface area contributed by atoms with Crippen LogP contribution >= 0.6 is 0 Å². The van der Waals surface area contributed by atoms with Gasteiger partial charge in [0.25, 0.3) is 0 Å². The van der Waals surface area contributed by atoms with Crippen LogP contribution in [0.15, 0.2) is 42.5 Å². The van der Waals surface area contributed by atoms with Gasteiger partial charge in [-0.3, -0.25) is 9.59 Å². The molecule has 2 aromatic carbocycles. The van der Waals surface area contributed by atoms with Gasteiger partial charge in [0.15, 0.2) is 0 Å². The molecule has 1 fully saturated rings. The molecule has 0 bridgehead atoms. The minimum atomic E-state index is -0.442. The number of nitrogens with zero attached hydrogens (tertiary/aromatic N) is 1. The molecule has 3 rings (SSSR count). The topological polar surface area (TPSA) is 49.4 Å². The number of nitrogens with one attached hydrogen (secondary N) is 1. The summed E-state index contributed by atoms with van der Waals surface area (Å²) in [6, 6.07) is 12.4. The van der Waals surface area contributed by atoms with Crippen molar-refractivity contribution in [1.29, 1.82) is 0 Å². The van der Waals surface area contributed by atoms with E-state index in [0.29, 0.717) is 11.3 Å². The number of benzene rings is 2. The van der Waals surface area contributed by atoms with Gasteiger partial charge in [0.05, 0.1) is 5.92 Å². The molecule has 1 saturated heterocycles. The van der Waals surface area contributed by atoms with E-state index in [1.165, 1.54) is 11.0 Å². The summed E-state index contributed by atoms with van der Waals surface area (Å²) in [7, 11) is 0. The molecular weight excluding hydrogens is 319 g/mol. The Bertz CT molecular complexity index is 819. The molecule has 25 heavy (non-hydrogen) atoms. The predicted molar refractivity (Wildman–Crippen MR) is 96.0 cm³/mol. The van der Waals surface area contributed by atoms with Crippen LogP contribution in [0.2, 0.25) is 0 Å². The molecule has 0 saturated carbocycles. The van der Waals surface area contributed by atoms with Crippen LogP contribution in [-0.2, 0) is 16.0 Å². The number of rotatable bonds is 4. The maximum absolute atomic E-state index is 13.8. The number of carbonyl (C=O) groups is 2. The van der Waals surface area contributed by atoms with Gasteiger partial charge in [-0.05, 0) is 48.7 Å². The van der Waals surface area contributed by atoms with Gasteiger partial charge < -0.3 is 10.2 Å². The van der Waals surface area contributed by atoms with Crippen LogP contribution in [0.3, 0.4) is 0 Å². The second-order valence-corrected chi connectivity index (χ2v) is 6.38. The average molecular weight is 340 g/mol. The summed E-state index contributed by atoms with van der Waals surface area (Å²) in [6.07, 6.45) is 1.02. The Kier molecular flexibility index (Phi) is 4.83. The van der Waals surface area contributed by atoms with Gasteiger partial charge in [0.2, 0.25) is 11.8 Å². The summed E-state index contributed by atoms with van der Waals surface area (Å²) in [5.41, 5.74) is 2.89. The molecule has 0 aliphatic carbocycles. The van der Waals surface area contributed by atoms with Crippen molar-refractivity contribution in [2.24, 2.45) is 5.92 Å². The Labute approximate surface area is 146 Å². The molecular formula is C20H21FN2O2. The summed E-state index contributed by atoms with van der Waals surface area (Å²) in [4.78, 5) is 26.2. The van der Waals surface area contributed by atoms with Crippen molar-refractivity contribution in [3.8, 4) is 0 Å². The van der Waals surface area contributed by atoms with Crippen LogP contribution in [-0.4, -0.2) is 18.4 Å². The van der Waals surface area contributed by atoms with E-state index in [1.807, 2.05) is 24.3 Å². The highest BCUT2D eigenvalue weighted by Crippen LogP contribution is 2.27. The molecule has 0 radical (unpaired) electrons. The molecule has 1 unspecified atom stereocenters. The zero-order valence-corrected chi connectivity index (χ0v) is 14.4. The molecule has 1 aliphatic heterocycles. The van der Waals surface area contributed by atoms with E-state index >= 15 is 0 Å². The van der Waals surface area contributed by atoms with Crippen molar-refractivity contribution in [3.63, 3.8) is 0 Å². The third-order valence-corrected chi connectivity index (χ3v) is 4.57. The summed E-state index contributed by atoms with van der Waals surface area (Å²) < 4.78 is 13.8. The van der Waals surface area contributed by atoms with Crippen LogP contribution < -0.4 is 10.2 Å². The normalized spacial score (nSPS) is 17.0. The van der Waals surface area contributed by atoms with E-state index in [9.17, 15) is 14.0 Å². The van der Waals surface area contributed by atoms with E-state index in [1.54, 1.807) is 19.1 Å². The minimum Gasteiger partial charge on any atom is -0.326 e. The molecule has 2 aromatic rings. The molecule has 130 valence electrons. The van der Waals surface area contributed by atoms with Gasteiger partial charge in [-0.2, -0.15) is 0 Å². The molecule has 1 N–H and O–H groups in total. The van der Waals surface area contributed by atoms with Crippen molar-refractivity contribution >= 4 is 23.2 Å². The van der Waals surface area contributed by atoms with Crippen molar-refractivity contribution in [3.05, 3.63) is 59.4 Å². The van der Waals surface area contributed by atoms with Crippen LogP contribution in [0.1, 0.15) is 24.5 Å². The highest BCUT2D eigenvalue weighted by molar-refractivity contribution is 6.03. The maximum atomic E-state index is 13.8. The number of anilines is 2. The van der Waals surface area contributed by atoms with Crippen LogP contribution in [0, 0.1) is 18.7 Å². The minimum absolute atomic E-state index is 0.134. The second-order valence-electron chi connectivity index (χ2n) is 6.38. The van der Waals surface area contributed by atoms with E-state index < -0.39 is 5.92 Å². The Hall–Kier alpha value is -2.69. The Morgan fingerprint density at radius 1 is 1.28 bits per heavy atom. The molecule has 2 amide bonds. The third kappa shape index (κ3) is 3.71. The number of hydrogen-bond donors (Lipinski definition) is 1. The van der Waals surface area contributed by atoms with Gasteiger partial charge in [0, 0.05) is 24.3 Å². The lowest BCUT2D eigenvalue weighted by atomic mass is 10.1. The fourth-order valence-corrected chi connectivity index (χ4v) is 3.00. The lowest BCUT2D eigenvalue weighted by molar-refractivity contribution is -0.122. The maximum Gasteiger partial charge on any atom is 0.229 e. The van der Waals surface area contributed by atoms with E-state index in [-0.39, 0.29) is 30.6 Å². The standard InChI is InChI=1S/C20H21FN2O2/c1-3-14-5-4-6-16(9-14)22-20(25)15-10-19(24)23(12-15)17-8-7-13(2)18(21)11-17/h4-9,11,15H,3,10,12H2,1-2H3,(H,22,25). The Morgan fingerprint density at radius 2 is 2.08 bits per heavy atom.